The van der Waals surface area contributed by atoms with Gasteiger partial charge >= 0.3 is 7.67 Å². The summed E-state index contributed by atoms with van der Waals surface area (Å²) in [5.74, 6) is 0. The Morgan fingerprint density at radius 1 is 0.826 bits per heavy atom. The zero-order valence-corrected chi connectivity index (χ0v) is 16.0. The molecule has 4 nitrogen and oxygen atoms in total. The Morgan fingerprint density at radius 2 is 1.22 bits per heavy atom. The van der Waals surface area contributed by atoms with Gasteiger partial charge < -0.3 is 9.98 Å². The highest BCUT2D eigenvalue weighted by Crippen LogP contribution is 2.22. The molecule has 0 bridgehead atoms. The number of unbranched alkanes of at least 4 members (excludes halogenated alkanes) is 14. The minimum Gasteiger partial charge on any atom is -0.318 e. The summed E-state index contributed by atoms with van der Waals surface area (Å²) in [4.78, 5) is 8.81. The van der Waals surface area contributed by atoms with Gasteiger partial charge in [0.05, 0.1) is 0 Å². The summed E-state index contributed by atoms with van der Waals surface area (Å²) in [6.07, 6.45) is 23.3. The molecule has 1 unspecified atom stereocenters. The summed E-state index contributed by atoms with van der Waals surface area (Å²) >= 11 is 0. The number of nitrogens with two attached hydrogens (primary N) is 1. The SMILES string of the molecule is CCCCCCCCCCCCCCCCC=CNP(N)(=O)O. The molecule has 0 aromatic carbocycles. The van der Waals surface area contributed by atoms with Crippen LogP contribution in [0, 0.1) is 0 Å². The normalized spacial score (nSPS) is 14.2. The molecule has 1 atom stereocenters. The van der Waals surface area contributed by atoms with Crippen molar-refractivity contribution in [1.29, 1.82) is 0 Å². The third kappa shape index (κ3) is 21.7. The van der Waals surface area contributed by atoms with Crippen LogP contribution in [0.2, 0.25) is 0 Å². The number of hydrogen-bond donors (Lipinski definition) is 3. The molecular weight excluding hydrogens is 307 g/mol. The van der Waals surface area contributed by atoms with Crippen molar-refractivity contribution in [2.75, 3.05) is 0 Å². The molecule has 0 saturated carbocycles. The van der Waals surface area contributed by atoms with Crippen molar-refractivity contribution in [2.24, 2.45) is 5.50 Å². The van der Waals surface area contributed by atoms with Gasteiger partial charge in [0, 0.05) is 6.20 Å². The van der Waals surface area contributed by atoms with E-state index in [4.69, 9.17) is 10.4 Å². The van der Waals surface area contributed by atoms with Crippen LogP contribution < -0.4 is 10.6 Å². The minimum absolute atomic E-state index is 0.936. The molecule has 0 aromatic rings. The van der Waals surface area contributed by atoms with Gasteiger partial charge in [0.2, 0.25) is 0 Å². The number of hydrogen-bond acceptors (Lipinski definition) is 1. The van der Waals surface area contributed by atoms with Crippen molar-refractivity contribution < 1.29 is 9.46 Å². The van der Waals surface area contributed by atoms with Gasteiger partial charge in [-0.25, -0.2) is 10.1 Å². The van der Waals surface area contributed by atoms with Crippen LogP contribution in [-0.4, -0.2) is 4.89 Å². The molecule has 0 fully saturated rings. The van der Waals surface area contributed by atoms with E-state index in [0.717, 1.165) is 12.8 Å². The first-order valence-corrected chi connectivity index (χ1v) is 11.3. The quantitative estimate of drug-likeness (QED) is 0.222. The Kier molecular flexibility index (Phi) is 16.3. The van der Waals surface area contributed by atoms with E-state index < -0.39 is 7.67 Å². The molecule has 0 radical (unpaired) electrons. The molecule has 0 rings (SSSR count). The van der Waals surface area contributed by atoms with Crippen molar-refractivity contribution in [3.8, 4) is 0 Å². The van der Waals surface area contributed by atoms with Gasteiger partial charge in [-0.3, -0.25) is 0 Å². The van der Waals surface area contributed by atoms with Crippen molar-refractivity contribution >= 4 is 7.67 Å². The average molecular weight is 346 g/mol. The van der Waals surface area contributed by atoms with Crippen molar-refractivity contribution in [3.05, 3.63) is 12.3 Å². The molecule has 0 aromatic heterocycles. The van der Waals surface area contributed by atoms with Crippen molar-refractivity contribution in [2.45, 2.75) is 103 Å². The van der Waals surface area contributed by atoms with Gasteiger partial charge in [0.25, 0.3) is 0 Å². The third-order valence-electron chi connectivity index (χ3n) is 4.10. The Balaban J connectivity index is 3.09. The van der Waals surface area contributed by atoms with Gasteiger partial charge in [-0.2, -0.15) is 0 Å². The van der Waals surface area contributed by atoms with Gasteiger partial charge in [0.15, 0.2) is 0 Å². The molecule has 0 aliphatic carbocycles. The molecule has 4 N–H and O–H groups in total. The Morgan fingerprint density at radius 3 is 1.61 bits per heavy atom. The molecule has 0 spiro atoms. The molecule has 0 aliphatic heterocycles. The standard InChI is InChI=1S/C18H39N2O2P/c1-2-3-4-5-6-7-8-9-10-11-12-13-14-15-16-17-18-20-23(19,21)22/h17-18H,2-16H2,1H3,(H4,19,20,21,22). The fourth-order valence-electron chi connectivity index (χ4n) is 2.70. The van der Waals surface area contributed by atoms with Crippen LogP contribution in [0.3, 0.4) is 0 Å². The molecule has 138 valence electrons. The molecule has 5 heteroatoms. The predicted molar refractivity (Wildman–Crippen MR) is 101 cm³/mol. The number of rotatable bonds is 17. The summed E-state index contributed by atoms with van der Waals surface area (Å²) in [5, 5.41) is 2.28. The second kappa shape index (κ2) is 16.5. The van der Waals surface area contributed by atoms with Crippen LogP contribution in [0.5, 0.6) is 0 Å². The lowest BCUT2D eigenvalue weighted by atomic mass is 10.0. The van der Waals surface area contributed by atoms with Crippen LogP contribution >= 0.6 is 7.67 Å². The van der Waals surface area contributed by atoms with Crippen LogP contribution in [0.25, 0.3) is 0 Å². The maximum atomic E-state index is 10.7. The third-order valence-corrected chi connectivity index (χ3v) is 4.62. The van der Waals surface area contributed by atoms with Gasteiger partial charge in [-0.15, -0.1) is 0 Å². The topological polar surface area (TPSA) is 75.3 Å². The van der Waals surface area contributed by atoms with E-state index >= 15 is 0 Å². The zero-order chi connectivity index (χ0) is 17.2. The first-order chi connectivity index (χ1) is 11.1. The van der Waals surface area contributed by atoms with E-state index in [-0.39, 0.29) is 0 Å². The fourth-order valence-corrected chi connectivity index (χ4v) is 3.02. The highest BCUT2D eigenvalue weighted by atomic mass is 31.2. The van der Waals surface area contributed by atoms with E-state index in [1.807, 2.05) is 6.08 Å². The van der Waals surface area contributed by atoms with Gasteiger partial charge in [-0.05, 0) is 12.8 Å². The largest absolute Gasteiger partial charge is 0.360 e. The second-order valence-electron chi connectivity index (χ2n) is 6.54. The molecule has 23 heavy (non-hydrogen) atoms. The minimum atomic E-state index is -3.59. The second-order valence-corrected chi connectivity index (χ2v) is 8.04. The van der Waals surface area contributed by atoms with Gasteiger partial charge in [0.1, 0.15) is 0 Å². The maximum absolute atomic E-state index is 10.7. The predicted octanol–water partition coefficient (Wildman–Crippen LogP) is 6.02. The summed E-state index contributed by atoms with van der Waals surface area (Å²) in [5.41, 5.74) is 4.95. The highest BCUT2D eigenvalue weighted by molar-refractivity contribution is 7.53. The van der Waals surface area contributed by atoms with E-state index in [1.165, 1.54) is 89.7 Å². The lowest BCUT2D eigenvalue weighted by Gasteiger charge is -2.03. The fraction of sp³-hybridized carbons (Fsp3) is 0.889. The molecular formula is C18H39N2O2P. The lowest BCUT2D eigenvalue weighted by Crippen LogP contribution is -2.08. The van der Waals surface area contributed by atoms with Crippen molar-refractivity contribution in [1.82, 2.24) is 5.09 Å². The zero-order valence-electron chi connectivity index (χ0n) is 15.1. The van der Waals surface area contributed by atoms with Gasteiger partial charge in [-0.1, -0.05) is 96.5 Å². The van der Waals surface area contributed by atoms with Crippen LogP contribution in [0.4, 0.5) is 0 Å². The Hall–Kier alpha value is -0.310. The van der Waals surface area contributed by atoms with Crippen molar-refractivity contribution in [3.63, 3.8) is 0 Å². The molecule has 0 aliphatic rings. The maximum Gasteiger partial charge on any atom is 0.360 e. The summed E-state index contributed by atoms with van der Waals surface area (Å²) in [7, 11) is -3.59. The monoisotopic (exact) mass is 346 g/mol. The Labute approximate surface area is 143 Å². The van der Waals surface area contributed by atoms with Crippen LogP contribution in [0.15, 0.2) is 12.3 Å². The summed E-state index contributed by atoms with van der Waals surface area (Å²) in [6.45, 7) is 2.27. The number of allylic oxidation sites excluding steroid dienone is 1. The van der Waals surface area contributed by atoms with Crippen LogP contribution in [0.1, 0.15) is 103 Å². The number of nitrogens with one attached hydrogen (secondary N) is 1. The first-order valence-electron chi connectivity index (χ1n) is 9.60. The average Bonchev–Trinajstić information content (AvgIpc) is 2.49. The Bertz CT molecular complexity index is 316. The molecule has 0 saturated heterocycles. The summed E-state index contributed by atoms with van der Waals surface area (Å²) in [6, 6.07) is 0. The van der Waals surface area contributed by atoms with E-state index in [9.17, 15) is 4.57 Å². The van der Waals surface area contributed by atoms with E-state index in [2.05, 4.69) is 12.0 Å². The lowest BCUT2D eigenvalue weighted by molar-refractivity contribution is 0.472. The van der Waals surface area contributed by atoms with E-state index in [1.54, 1.807) is 0 Å². The van der Waals surface area contributed by atoms with E-state index in [0.29, 0.717) is 0 Å². The first kappa shape index (κ1) is 22.7. The molecule has 0 amide bonds. The smallest absolute Gasteiger partial charge is 0.318 e. The molecule has 0 heterocycles. The summed E-state index contributed by atoms with van der Waals surface area (Å²) < 4.78 is 10.7. The highest BCUT2D eigenvalue weighted by Gasteiger charge is 2.03. The van der Waals surface area contributed by atoms with Crippen LogP contribution in [-0.2, 0) is 4.57 Å².